The van der Waals surface area contributed by atoms with Gasteiger partial charge in [0.05, 0.1) is 17.3 Å². The first kappa shape index (κ1) is 13.8. The van der Waals surface area contributed by atoms with Crippen LogP contribution in [-0.2, 0) is 4.84 Å². The van der Waals surface area contributed by atoms with E-state index in [4.69, 9.17) is 4.84 Å². The van der Waals surface area contributed by atoms with Crippen molar-refractivity contribution in [2.24, 2.45) is 5.92 Å². The van der Waals surface area contributed by atoms with Crippen molar-refractivity contribution >= 4 is 6.03 Å². The molecule has 0 bridgehead atoms. The molecule has 1 aromatic heterocycles. The topological polar surface area (TPSA) is 63.2 Å². The second-order valence-electron chi connectivity index (χ2n) is 5.86. The normalized spacial score (nSPS) is 16.8. The summed E-state index contributed by atoms with van der Waals surface area (Å²) in [6.07, 6.45) is 4.00. The molecule has 0 saturated heterocycles. The van der Waals surface area contributed by atoms with E-state index in [1.165, 1.54) is 0 Å². The van der Waals surface area contributed by atoms with Crippen LogP contribution in [0.5, 0.6) is 0 Å². The first-order valence-electron chi connectivity index (χ1n) is 6.61. The highest BCUT2D eigenvalue weighted by Gasteiger charge is 2.34. The summed E-state index contributed by atoms with van der Waals surface area (Å²) >= 11 is 0. The minimum Gasteiger partial charge on any atom is -0.328 e. The number of hydroxylamine groups is 1. The fourth-order valence-electron chi connectivity index (χ4n) is 1.79. The first-order chi connectivity index (χ1) is 8.96. The van der Waals surface area contributed by atoms with Crippen LogP contribution in [0.15, 0.2) is 24.4 Å². The molecule has 5 nitrogen and oxygen atoms in total. The van der Waals surface area contributed by atoms with E-state index < -0.39 is 5.60 Å². The van der Waals surface area contributed by atoms with Gasteiger partial charge in [-0.15, -0.1) is 0 Å². The van der Waals surface area contributed by atoms with Crippen LogP contribution in [0.2, 0.25) is 0 Å². The highest BCUT2D eigenvalue weighted by molar-refractivity contribution is 5.73. The molecule has 0 radical (unpaired) electrons. The minimum absolute atomic E-state index is 0.0373. The van der Waals surface area contributed by atoms with Crippen LogP contribution in [0.25, 0.3) is 0 Å². The van der Waals surface area contributed by atoms with Gasteiger partial charge in [0.25, 0.3) is 0 Å². The van der Waals surface area contributed by atoms with E-state index in [9.17, 15) is 4.79 Å². The van der Waals surface area contributed by atoms with E-state index >= 15 is 0 Å². The molecule has 104 valence electrons. The summed E-state index contributed by atoms with van der Waals surface area (Å²) < 4.78 is 0. The Morgan fingerprint density at radius 1 is 1.42 bits per heavy atom. The van der Waals surface area contributed by atoms with Gasteiger partial charge in [-0.25, -0.2) is 10.3 Å². The van der Waals surface area contributed by atoms with Gasteiger partial charge in [0.2, 0.25) is 0 Å². The van der Waals surface area contributed by atoms with Crippen LogP contribution in [0.4, 0.5) is 4.79 Å². The highest BCUT2D eigenvalue weighted by atomic mass is 16.7. The summed E-state index contributed by atoms with van der Waals surface area (Å²) in [4.78, 5) is 21.4. The largest absolute Gasteiger partial charge is 0.339 e. The van der Waals surface area contributed by atoms with Crippen LogP contribution in [0.1, 0.15) is 45.3 Å². The lowest BCUT2D eigenvalue weighted by Crippen LogP contribution is -2.42. The van der Waals surface area contributed by atoms with E-state index in [0.717, 1.165) is 18.5 Å². The van der Waals surface area contributed by atoms with Crippen molar-refractivity contribution in [3.05, 3.63) is 30.1 Å². The van der Waals surface area contributed by atoms with Crippen LogP contribution >= 0.6 is 0 Å². The van der Waals surface area contributed by atoms with Crippen molar-refractivity contribution in [3.63, 3.8) is 0 Å². The van der Waals surface area contributed by atoms with Crippen molar-refractivity contribution in [2.75, 3.05) is 0 Å². The summed E-state index contributed by atoms with van der Waals surface area (Å²) in [5, 5.41) is 2.93. The molecular weight excluding hydrogens is 242 g/mol. The number of nitrogens with zero attached hydrogens (tertiary/aromatic N) is 1. The first-order valence-corrected chi connectivity index (χ1v) is 6.61. The maximum Gasteiger partial charge on any atom is 0.339 e. The van der Waals surface area contributed by atoms with Gasteiger partial charge in [0.1, 0.15) is 0 Å². The van der Waals surface area contributed by atoms with Crippen molar-refractivity contribution < 1.29 is 9.63 Å². The van der Waals surface area contributed by atoms with Gasteiger partial charge >= 0.3 is 6.03 Å². The lowest BCUT2D eigenvalue weighted by atomic mass is 10.1. The smallest absolute Gasteiger partial charge is 0.328 e. The zero-order valence-electron chi connectivity index (χ0n) is 11.6. The number of carbonyl (C=O) groups excluding carboxylic acids is 1. The Morgan fingerprint density at radius 3 is 2.68 bits per heavy atom. The molecule has 1 heterocycles. The average Bonchev–Trinajstić information content (AvgIpc) is 3.18. The number of hydrogen-bond acceptors (Lipinski definition) is 3. The molecule has 0 aromatic carbocycles. The maximum atomic E-state index is 11.8. The number of aromatic nitrogens is 1. The Hall–Kier alpha value is -1.62. The van der Waals surface area contributed by atoms with Crippen LogP contribution < -0.4 is 10.8 Å². The third kappa shape index (κ3) is 4.52. The van der Waals surface area contributed by atoms with E-state index in [0.29, 0.717) is 5.92 Å². The molecule has 0 spiro atoms. The summed E-state index contributed by atoms with van der Waals surface area (Å²) in [5.74, 6) is 0.482. The van der Waals surface area contributed by atoms with Gasteiger partial charge in [-0.3, -0.25) is 9.82 Å². The quantitative estimate of drug-likeness (QED) is 0.821. The molecule has 0 aliphatic heterocycles. The molecule has 2 rings (SSSR count). The second-order valence-corrected chi connectivity index (χ2v) is 5.86. The summed E-state index contributed by atoms with van der Waals surface area (Å²) in [5.41, 5.74) is 2.92. The lowest BCUT2D eigenvalue weighted by molar-refractivity contribution is -0.0533. The summed E-state index contributed by atoms with van der Waals surface area (Å²) in [7, 11) is 0. The standard InChI is InChI=1S/C14H21N3O2/c1-14(2,3)19-17-13(18)16-12(10-7-8-10)11-6-4-5-9-15-11/h4-6,9-10,12H,7-8H2,1-3H3,(H2,16,17,18). The number of nitrogens with one attached hydrogen (secondary N) is 2. The number of carbonyl (C=O) groups is 1. The minimum atomic E-state index is -0.405. The maximum absolute atomic E-state index is 11.8. The molecule has 19 heavy (non-hydrogen) atoms. The van der Waals surface area contributed by atoms with Gasteiger partial charge in [0, 0.05) is 6.20 Å². The number of hydrogen-bond donors (Lipinski definition) is 2. The van der Waals surface area contributed by atoms with Gasteiger partial charge in [-0.1, -0.05) is 6.07 Å². The predicted octanol–water partition coefficient (Wildman–Crippen LogP) is 2.56. The highest BCUT2D eigenvalue weighted by Crippen LogP contribution is 2.40. The average molecular weight is 263 g/mol. The molecule has 1 saturated carbocycles. The van der Waals surface area contributed by atoms with Crippen LogP contribution in [0, 0.1) is 5.92 Å². The van der Waals surface area contributed by atoms with E-state index in [1.54, 1.807) is 6.20 Å². The Bertz CT molecular complexity index is 424. The molecule has 1 aliphatic carbocycles. The molecule has 1 aliphatic rings. The van der Waals surface area contributed by atoms with Gasteiger partial charge in [0.15, 0.2) is 0 Å². The monoisotopic (exact) mass is 263 g/mol. The van der Waals surface area contributed by atoms with E-state index in [2.05, 4.69) is 15.8 Å². The summed E-state index contributed by atoms with van der Waals surface area (Å²) in [6, 6.07) is 5.38. The zero-order valence-corrected chi connectivity index (χ0v) is 11.6. The van der Waals surface area contributed by atoms with E-state index in [1.807, 2.05) is 39.0 Å². The molecule has 1 unspecified atom stereocenters. The molecule has 1 atom stereocenters. The fraction of sp³-hybridized carbons (Fsp3) is 0.571. The molecule has 1 fully saturated rings. The zero-order chi connectivity index (χ0) is 13.9. The molecule has 1 aromatic rings. The number of pyridine rings is 1. The number of rotatable bonds is 4. The van der Waals surface area contributed by atoms with Crippen molar-refractivity contribution in [2.45, 2.75) is 45.3 Å². The van der Waals surface area contributed by atoms with Gasteiger partial charge in [-0.2, -0.15) is 0 Å². The Balaban J connectivity index is 1.93. The second kappa shape index (κ2) is 5.57. The Morgan fingerprint density at radius 2 is 2.16 bits per heavy atom. The Labute approximate surface area is 113 Å². The number of amides is 2. The van der Waals surface area contributed by atoms with Gasteiger partial charge < -0.3 is 5.32 Å². The van der Waals surface area contributed by atoms with Crippen molar-refractivity contribution in [3.8, 4) is 0 Å². The number of urea groups is 1. The van der Waals surface area contributed by atoms with Crippen LogP contribution in [-0.4, -0.2) is 16.6 Å². The third-order valence-electron chi connectivity index (χ3n) is 2.84. The molecule has 2 N–H and O–H groups in total. The molecule has 5 heteroatoms. The SMILES string of the molecule is CC(C)(C)ONC(=O)NC(c1ccccn1)C1CC1. The molecular formula is C14H21N3O2. The lowest BCUT2D eigenvalue weighted by Gasteiger charge is -2.22. The van der Waals surface area contributed by atoms with Crippen molar-refractivity contribution in [1.29, 1.82) is 0 Å². The van der Waals surface area contributed by atoms with Crippen LogP contribution in [0.3, 0.4) is 0 Å². The van der Waals surface area contributed by atoms with Gasteiger partial charge in [-0.05, 0) is 51.7 Å². The predicted molar refractivity (Wildman–Crippen MR) is 72.2 cm³/mol. The Kier molecular flexibility index (Phi) is 4.04. The third-order valence-corrected chi connectivity index (χ3v) is 2.84. The van der Waals surface area contributed by atoms with Crippen molar-refractivity contribution in [1.82, 2.24) is 15.8 Å². The summed E-state index contributed by atoms with van der Waals surface area (Å²) in [6.45, 7) is 5.64. The van der Waals surface area contributed by atoms with E-state index in [-0.39, 0.29) is 12.1 Å². The fourth-order valence-corrected chi connectivity index (χ4v) is 1.79. The molecule has 2 amide bonds.